The van der Waals surface area contributed by atoms with Crippen LogP contribution < -0.4 is 15.0 Å². The fraction of sp³-hybridized carbons (Fsp3) is 0.455. The lowest BCUT2D eigenvalue weighted by Crippen LogP contribution is -2.12. The van der Waals surface area contributed by atoms with Crippen molar-refractivity contribution < 1.29 is 14.3 Å². The average Bonchev–Trinajstić information content (AvgIpc) is 2.27. The van der Waals surface area contributed by atoms with Crippen molar-refractivity contribution in [3.8, 4) is 11.5 Å². The molecule has 0 aliphatic carbocycles. The van der Waals surface area contributed by atoms with Crippen molar-refractivity contribution in [2.45, 2.75) is 13.5 Å². The first kappa shape index (κ1) is 11.8. The Labute approximate surface area is 90.1 Å². The van der Waals surface area contributed by atoms with Gasteiger partial charge in [0.2, 0.25) is 0 Å². The summed E-state index contributed by atoms with van der Waals surface area (Å²) in [5.74, 6) is 1.60. The van der Waals surface area contributed by atoms with Crippen molar-refractivity contribution in [1.82, 2.24) is 5.48 Å². The minimum Gasteiger partial charge on any atom is -0.497 e. The summed E-state index contributed by atoms with van der Waals surface area (Å²) in [5, 5.41) is 0. The average molecular weight is 211 g/mol. The second kappa shape index (κ2) is 5.58. The quantitative estimate of drug-likeness (QED) is 0.752. The summed E-state index contributed by atoms with van der Waals surface area (Å²) in [6, 6.07) is 3.83. The highest BCUT2D eigenvalue weighted by molar-refractivity contribution is 5.45. The third kappa shape index (κ3) is 2.84. The van der Waals surface area contributed by atoms with Crippen molar-refractivity contribution in [1.29, 1.82) is 0 Å². The predicted octanol–water partition coefficient (Wildman–Crippen LogP) is 1.66. The van der Waals surface area contributed by atoms with E-state index in [2.05, 4.69) is 5.48 Å². The van der Waals surface area contributed by atoms with E-state index in [4.69, 9.17) is 14.3 Å². The highest BCUT2D eigenvalue weighted by Gasteiger charge is 2.07. The van der Waals surface area contributed by atoms with E-state index >= 15 is 0 Å². The SMILES string of the molecule is CONCc1cc(OC)cc(OC)c1C. The van der Waals surface area contributed by atoms with Crippen LogP contribution in [-0.2, 0) is 11.4 Å². The van der Waals surface area contributed by atoms with Crippen LogP contribution in [0.15, 0.2) is 12.1 Å². The Hall–Kier alpha value is -1.26. The lowest BCUT2D eigenvalue weighted by atomic mass is 10.1. The lowest BCUT2D eigenvalue weighted by molar-refractivity contribution is 0.0865. The topological polar surface area (TPSA) is 39.7 Å². The normalized spacial score (nSPS) is 10.1. The molecule has 0 atom stereocenters. The van der Waals surface area contributed by atoms with E-state index in [-0.39, 0.29) is 0 Å². The number of hydrogen-bond acceptors (Lipinski definition) is 4. The molecule has 1 N–H and O–H groups in total. The molecule has 0 heterocycles. The van der Waals surface area contributed by atoms with Gasteiger partial charge in [0.1, 0.15) is 11.5 Å². The molecule has 0 aromatic heterocycles. The number of hydrogen-bond donors (Lipinski definition) is 1. The molecular weight excluding hydrogens is 194 g/mol. The van der Waals surface area contributed by atoms with Gasteiger partial charge in [-0.3, -0.25) is 0 Å². The smallest absolute Gasteiger partial charge is 0.125 e. The summed E-state index contributed by atoms with van der Waals surface area (Å²) in [6.07, 6.45) is 0. The van der Waals surface area contributed by atoms with E-state index in [1.165, 1.54) is 0 Å². The fourth-order valence-electron chi connectivity index (χ4n) is 1.38. The van der Waals surface area contributed by atoms with Crippen molar-refractivity contribution in [3.05, 3.63) is 23.3 Å². The van der Waals surface area contributed by atoms with Crippen LogP contribution in [0.3, 0.4) is 0 Å². The Morgan fingerprint density at radius 2 is 1.87 bits per heavy atom. The molecule has 0 saturated carbocycles. The largest absolute Gasteiger partial charge is 0.497 e. The molecular formula is C11H17NO3. The molecule has 0 aliphatic heterocycles. The van der Waals surface area contributed by atoms with Gasteiger partial charge in [-0.2, -0.15) is 5.48 Å². The molecule has 4 heteroatoms. The Balaban J connectivity index is 3.01. The molecule has 4 nitrogen and oxygen atoms in total. The first-order valence-corrected chi connectivity index (χ1v) is 4.70. The Morgan fingerprint density at radius 1 is 1.13 bits per heavy atom. The Kier molecular flexibility index (Phi) is 4.39. The van der Waals surface area contributed by atoms with E-state index in [0.29, 0.717) is 6.54 Å². The summed E-state index contributed by atoms with van der Waals surface area (Å²) in [5.41, 5.74) is 4.97. The van der Waals surface area contributed by atoms with E-state index in [0.717, 1.165) is 22.6 Å². The van der Waals surface area contributed by atoms with Gasteiger partial charge in [-0.1, -0.05) is 0 Å². The second-order valence-electron chi connectivity index (χ2n) is 3.14. The van der Waals surface area contributed by atoms with Crippen molar-refractivity contribution in [3.63, 3.8) is 0 Å². The summed E-state index contributed by atoms with van der Waals surface area (Å²) < 4.78 is 10.4. The number of nitrogens with one attached hydrogen (secondary N) is 1. The first-order valence-electron chi connectivity index (χ1n) is 4.70. The van der Waals surface area contributed by atoms with Crippen LogP contribution in [0.25, 0.3) is 0 Å². The van der Waals surface area contributed by atoms with Gasteiger partial charge in [0, 0.05) is 12.6 Å². The van der Waals surface area contributed by atoms with Gasteiger partial charge < -0.3 is 14.3 Å². The maximum atomic E-state index is 5.26. The molecule has 0 saturated heterocycles. The van der Waals surface area contributed by atoms with Gasteiger partial charge >= 0.3 is 0 Å². The maximum Gasteiger partial charge on any atom is 0.125 e. The molecule has 0 bridgehead atoms. The minimum atomic E-state index is 0.621. The molecule has 0 spiro atoms. The highest BCUT2D eigenvalue weighted by atomic mass is 16.6. The zero-order valence-electron chi connectivity index (χ0n) is 9.59. The Bertz CT molecular complexity index is 326. The fourth-order valence-corrected chi connectivity index (χ4v) is 1.38. The molecule has 84 valence electrons. The van der Waals surface area contributed by atoms with Gasteiger partial charge in [-0.25, -0.2) is 0 Å². The number of rotatable bonds is 5. The molecule has 1 rings (SSSR count). The molecule has 1 aromatic rings. The summed E-state index contributed by atoms with van der Waals surface area (Å²) in [4.78, 5) is 4.82. The monoisotopic (exact) mass is 211 g/mol. The van der Waals surface area contributed by atoms with Crippen molar-refractivity contribution in [2.24, 2.45) is 0 Å². The van der Waals surface area contributed by atoms with E-state index in [1.54, 1.807) is 21.3 Å². The number of ether oxygens (including phenoxy) is 2. The van der Waals surface area contributed by atoms with E-state index in [1.807, 2.05) is 19.1 Å². The third-order valence-electron chi connectivity index (χ3n) is 2.30. The number of methoxy groups -OCH3 is 2. The zero-order valence-corrected chi connectivity index (χ0v) is 9.59. The van der Waals surface area contributed by atoms with Gasteiger partial charge in [-0.05, 0) is 24.1 Å². The standard InChI is InChI=1S/C11H17NO3/c1-8-9(7-12-15-4)5-10(13-2)6-11(8)14-3/h5-6,12H,7H2,1-4H3. The molecule has 0 radical (unpaired) electrons. The second-order valence-corrected chi connectivity index (χ2v) is 3.14. The van der Waals surface area contributed by atoms with Gasteiger partial charge in [-0.15, -0.1) is 0 Å². The number of benzene rings is 1. The first-order chi connectivity index (χ1) is 7.22. The number of hydroxylamine groups is 1. The van der Waals surface area contributed by atoms with Crippen LogP contribution in [-0.4, -0.2) is 21.3 Å². The van der Waals surface area contributed by atoms with Gasteiger partial charge in [0.15, 0.2) is 0 Å². The molecule has 0 unspecified atom stereocenters. The predicted molar refractivity (Wildman–Crippen MR) is 58.1 cm³/mol. The van der Waals surface area contributed by atoms with Gasteiger partial charge in [0.05, 0.1) is 21.3 Å². The van der Waals surface area contributed by atoms with Crippen LogP contribution in [0.1, 0.15) is 11.1 Å². The molecule has 15 heavy (non-hydrogen) atoms. The van der Waals surface area contributed by atoms with Gasteiger partial charge in [0.25, 0.3) is 0 Å². The van der Waals surface area contributed by atoms with E-state index < -0.39 is 0 Å². The van der Waals surface area contributed by atoms with Crippen LogP contribution in [0.5, 0.6) is 11.5 Å². The van der Waals surface area contributed by atoms with Crippen molar-refractivity contribution in [2.75, 3.05) is 21.3 Å². The lowest BCUT2D eigenvalue weighted by Gasteiger charge is -2.12. The van der Waals surface area contributed by atoms with Crippen LogP contribution in [0, 0.1) is 6.92 Å². The van der Waals surface area contributed by atoms with Crippen LogP contribution in [0.4, 0.5) is 0 Å². The van der Waals surface area contributed by atoms with E-state index in [9.17, 15) is 0 Å². The molecule has 1 aromatic carbocycles. The summed E-state index contributed by atoms with van der Waals surface area (Å²) in [7, 11) is 4.87. The molecule has 0 fully saturated rings. The maximum absolute atomic E-state index is 5.26. The highest BCUT2D eigenvalue weighted by Crippen LogP contribution is 2.27. The molecule has 0 aliphatic rings. The third-order valence-corrected chi connectivity index (χ3v) is 2.30. The van der Waals surface area contributed by atoms with Crippen LogP contribution in [0.2, 0.25) is 0 Å². The molecule has 0 amide bonds. The minimum absolute atomic E-state index is 0.621. The Morgan fingerprint density at radius 3 is 2.40 bits per heavy atom. The van der Waals surface area contributed by atoms with Crippen LogP contribution >= 0.6 is 0 Å². The zero-order chi connectivity index (χ0) is 11.3. The summed E-state index contributed by atoms with van der Waals surface area (Å²) in [6.45, 7) is 2.63. The summed E-state index contributed by atoms with van der Waals surface area (Å²) >= 11 is 0. The van der Waals surface area contributed by atoms with Crippen molar-refractivity contribution >= 4 is 0 Å².